The van der Waals surface area contributed by atoms with E-state index in [0.717, 1.165) is 12.1 Å². The minimum absolute atomic E-state index is 0.304. The molecule has 0 radical (unpaired) electrons. The fourth-order valence-corrected chi connectivity index (χ4v) is 1.62. The Balaban J connectivity index is 3.00. The summed E-state index contributed by atoms with van der Waals surface area (Å²) in [5.41, 5.74) is -1.12. The van der Waals surface area contributed by atoms with Crippen molar-refractivity contribution in [1.82, 2.24) is 5.32 Å². The molecule has 4 nitrogen and oxygen atoms in total. The molecule has 7 heteroatoms. The normalized spacial score (nSPS) is 12.7. The molecule has 0 aliphatic heterocycles. The predicted molar refractivity (Wildman–Crippen MR) is 69.1 cm³/mol. The number of carbonyl (C=O) groups excluding carboxylic acids is 2. The summed E-state index contributed by atoms with van der Waals surface area (Å²) in [4.78, 5) is 22.3. The van der Waals surface area contributed by atoms with Crippen molar-refractivity contribution in [3.8, 4) is 0 Å². The van der Waals surface area contributed by atoms with E-state index >= 15 is 0 Å². The summed E-state index contributed by atoms with van der Waals surface area (Å²) in [6.45, 7) is 4.87. The van der Waals surface area contributed by atoms with E-state index in [0.29, 0.717) is 6.29 Å². The number of hydrogen-bond acceptors (Lipinski definition) is 3. The summed E-state index contributed by atoms with van der Waals surface area (Å²) in [6.07, 6.45) is -0.761. The number of halogens is 3. The van der Waals surface area contributed by atoms with Crippen molar-refractivity contribution in [3.05, 3.63) is 35.1 Å². The van der Waals surface area contributed by atoms with Crippen molar-refractivity contribution in [2.45, 2.75) is 38.8 Å². The van der Waals surface area contributed by atoms with Crippen LogP contribution in [0.15, 0.2) is 12.1 Å². The van der Waals surface area contributed by atoms with Crippen molar-refractivity contribution >= 4 is 12.4 Å². The lowest BCUT2D eigenvalue weighted by Crippen LogP contribution is -2.35. The third kappa shape index (κ3) is 4.77. The zero-order chi connectivity index (χ0) is 16.2. The van der Waals surface area contributed by atoms with E-state index in [1.165, 1.54) is 0 Å². The Morgan fingerprint density at radius 2 is 1.90 bits per heavy atom. The van der Waals surface area contributed by atoms with Gasteiger partial charge in [-0.25, -0.2) is 18.0 Å². The lowest BCUT2D eigenvalue weighted by Gasteiger charge is -2.23. The van der Waals surface area contributed by atoms with Crippen LogP contribution in [-0.4, -0.2) is 18.0 Å². The maximum atomic E-state index is 13.7. The minimum atomic E-state index is -1.66. The molecule has 0 unspecified atom stereocenters. The molecule has 0 heterocycles. The Bertz CT molecular complexity index is 541. The van der Waals surface area contributed by atoms with E-state index in [1.54, 1.807) is 20.8 Å². The summed E-state index contributed by atoms with van der Waals surface area (Å²) < 4.78 is 44.8. The summed E-state index contributed by atoms with van der Waals surface area (Å²) in [6, 6.07) is 0.550. The molecule has 0 saturated carbocycles. The van der Waals surface area contributed by atoms with Gasteiger partial charge in [0.2, 0.25) is 0 Å². The van der Waals surface area contributed by atoms with Gasteiger partial charge in [-0.15, -0.1) is 0 Å². The molecule has 1 aromatic carbocycles. The van der Waals surface area contributed by atoms with Crippen LogP contribution in [0.2, 0.25) is 0 Å². The fourth-order valence-electron chi connectivity index (χ4n) is 1.62. The summed E-state index contributed by atoms with van der Waals surface area (Å²) in [7, 11) is 0. The number of carbonyl (C=O) groups is 2. The van der Waals surface area contributed by atoms with Gasteiger partial charge in [0, 0.05) is 12.0 Å². The number of benzene rings is 1. The molecule has 0 aromatic heterocycles. The Hall–Kier alpha value is -2.05. The number of nitrogens with one attached hydrogen (secondary N) is 1. The van der Waals surface area contributed by atoms with Crippen LogP contribution in [-0.2, 0) is 9.53 Å². The van der Waals surface area contributed by atoms with Gasteiger partial charge in [-0.3, -0.25) is 0 Å². The number of ether oxygens (including phenoxy) is 1. The topological polar surface area (TPSA) is 55.4 Å². The highest BCUT2D eigenvalue weighted by molar-refractivity contribution is 5.69. The van der Waals surface area contributed by atoms with Crippen molar-refractivity contribution in [2.75, 3.05) is 0 Å². The monoisotopic (exact) mass is 303 g/mol. The van der Waals surface area contributed by atoms with Gasteiger partial charge in [0.1, 0.15) is 11.9 Å². The molecule has 1 atom stereocenters. The van der Waals surface area contributed by atoms with Crippen molar-refractivity contribution in [3.63, 3.8) is 0 Å². The van der Waals surface area contributed by atoms with E-state index in [2.05, 4.69) is 5.32 Å². The van der Waals surface area contributed by atoms with Gasteiger partial charge in [0.25, 0.3) is 0 Å². The first-order valence-electron chi connectivity index (χ1n) is 6.22. The molecule has 1 N–H and O–H groups in total. The molecule has 21 heavy (non-hydrogen) atoms. The quantitative estimate of drug-likeness (QED) is 0.686. The number of hydrogen-bond donors (Lipinski definition) is 1. The average molecular weight is 303 g/mol. The molecule has 0 fully saturated rings. The zero-order valence-electron chi connectivity index (χ0n) is 11.9. The molecular weight excluding hydrogens is 287 g/mol. The number of rotatable bonds is 4. The molecular formula is C14H16F3NO3. The zero-order valence-corrected chi connectivity index (χ0v) is 11.9. The molecule has 0 bridgehead atoms. The minimum Gasteiger partial charge on any atom is -0.444 e. The summed E-state index contributed by atoms with van der Waals surface area (Å²) in [5, 5.41) is 2.26. The molecule has 0 saturated heterocycles. The predicted octanol–water partition coefficient (Wildman–Crippen LogP) is 3.26. The molecule has 1 amide bonds. The van der Waals surface area contributed by atoms with Gasteiger partial charge >= 0.3 is 6.09 Å². The van der Waals surface area contributed by atoms with E-state index in [1.807, 2.05) is 0 Å². The maximum absolute atomic E-state index is 13.7. The van der Waals surface area contributed by atoms with Crippen LogP contribution in [0.1, 0.15) is 38.8 Å². The van der Waals surface area contributed by atoms with Gasteiger partial charge in [0.15, 0.2) is 17.5 Å². The van der Waals surface area contributed by atoms with Crippen molar-refractivity contribution in [1.29, 1.82) is 0 Å². The number of alkyl carbamates (subject to hydrolysis) is 1. The van der Waals surface area contributed by atoms with Crippen LogP contribution in [0.4, 0.5) is 18.0 Å². The SMILES string of the molecule is CC(C)(C)OC(=O)N[C@H](CC=O)c1ccc(F)c(F)c1F. The molecule has 0 aliphatic carbocycles. The van der Waals surface area contributed by atoms with Crippen LogP contribution < -0.4 is 5.32 Å². The van der Waals surface area contributed by atoms with E-state index in [9.17, 15) is 22.8 Å². The van der Waals surface area contributed by atoms with Crippen LogP contribution >= 0.6 is 0 Å². The highest BCUT2D eigenvalue weighted by atomic mass is 19.2. The lowest BCUT2D eigenvalue weighted by molar-refractivity contribution is -0.108. The Morgan fingerprint density at radius 1 is 1.29 bits per heavy atom. The Labute approximate surface area is 120 Å². The standard InChI is InChI=1S/C14H16F3NO3/c1-14(2,3)21-13(20)18-10(6-7-19)8-4-5-9(15)12(17)11(8)16/h4-5,7,10H,6H2,1-3H3,(H,18,20)/t10-/m1/s1. The lowest BCUT2D eigenvalue weighted by atomic mass is 10.0. The number of amides is 1. The number of aldehydes is 1. The van der Waals surface area contributed by atoms with Crippen LogP contribution in [0, 0.1) is 17.5 Å². The summed E-state index contributed by atoms with van der Waals surface area (Å²) in [5.74, 6) is -4.45. The Morgan fingerprint density at radius 3 is 2.43 bits per heavy atom. The highest BCUT2D eigenvalue weighted by Crippen LogP contribution is 2.23. The maximum Gasteiger partial charge on any atom is 0.408 e. The van der Waals surface area contributed by atoms with E-state index < -0.39 is 35.2 Å². The first-order valence-corrected chi connectivity index (χ1v) is 6.22. The van der Waals surface area contributed by atoms with Gasteiger partial charge in [-0.05, 0) is 26.8 Å². The highest BCUT2D eigenvalue weighted by Gasteiger charge is 2.24. The van der Waals surface area contributed by atoms with Gasteiger partial charge in [-0.2, -0.15) is 0 Å². The molecule has 0 spiro atoms. The van der Waals surface area contributed by atoms with Gasteiger partial charge in [0.05, 0.1) is 6.04 Å². The van der Waals surface area contributed by atoms with Crippen LogP contribution in [0.3, 0.4) is 0 Å². The largest absolute Gasteiger partial charge is 0.444 e. The van der Waals surface area contributed by atoms with Gasteiger partial charge in [-0.1, -0.05) is 6.07 Å². The second-order valence-corrected chi connectivity index (χ2v) is 5.37. The fraction of sp³-hybridized carbons (Fsp3) is 0.429. The second-order valence-electron chi connectivity index (χ2n) is 5.37. The van der Waals surface area contributed by atoms with Crippen molar-refractivity contribution in [2.24, 2.45) is 0 Å². The first kappa shape index (κ1) is 17.0. The third-order valence-corrected chi connectivity index (χ3v) is 2.46. The molecule has 0 aliphatic rings. The second kappa shape index (κ2) is 6.60. The van der Waals surface area contributed by atoms with E-state index in [4.69, 9.17) is 4.74 Å². The molecule has 1 rings (SSSR count). The molecule has 116 valence electrons. The third-order valence-electron chi connectivity index (χ3n) is 2.46. The summed E-state index contributed by atoms with van der Waals surface area (Å²) >= 11 is 0. The smallest absolute Gasteiger partial charge is 0.408 e. The first-order chi connectivity index (χ1) is 9.65. The van der Waals surface area contributed by atoms with Crippen LogP contribution in [0.25, 0.3) is 0 Å². The van der Waals surface area contributed by atoms with Crippen molar-refractivity contribution < 1.29 is 27.5 Å². The molecule has 1 aromatic rings. The Kier molecular flexibility index (Phi) is 5.34. The van der Waals surface area contributed by atoms with Crippen LogP contribution in [0.5, 0.6) is 0 Å². The average Bonchev–Trinajstić information content (AvgIpc) is 2.33. The van der Waals surface area contributed by atoms with Gasteiger partial charge < -0.3 is 14.8 Å². The van der Waals surface area contributed by atoms with E-state index in [-0.39, 0.29) is 12.0 Å².